The first-order valence-corrected chi connectivity index (χ1v) is 3.52. The van der Waals surface area contributed by atoms with Gasteiger partial charge in [-0.05, 0) is 13.3 Å². The maximum absolute atomic E-state index is 10.1. The van der Waals surface area contributed by atoms with Crippen LogP contribution in [0.2, 0.25) is 0 Å². The van der Waals surface area contributed by atoms with Crippen LogP contribution in [-0.4, -0.2) is 30.3 Å². The molecule has 0 heterocycles. The number of methoxy groups -OCH3 is 1. The van der Waals surface area contributed by atoms with Gasteiger partial charge >= 0.3 is 5.97 Å². The molecule has 4 nitrogen and oxygen atoms in total. The number of nitrogens with two attached hydrogens (primary N) is 1. The highest BCUT2D eigenvalue weighted by atomic mass is 16.5. The van der Waals surface area contributed by atoms with E-state index in [-0.39, 0.29) is 0 Å². The molecule has 12 heavy (non-hydrogen) atoms. The first-order valence-electron chi connectivity index (χ1n) is 3.52. The van der Waals surface area contributed by atoms with Crippen molar-refractivity contribution in [3.05, 3.63) is 0 Å². The average Bonchev–Trinajstić information content (AvgIpc) is 1.98. The highest BCUT2D eigenvalue weighted by Gasteiger charge is 2.14. The van der Waals surface area contributed by atoms with Gasteiger partial charge in [0.15, 0.2) is 0 Å². The van der Waals surface area contributed by atoms with Crippen molar-refractivity contribution in [1.29, 1.82) is 0 Å². The Labute approximate surface area is 71.7 Å². The lowest BCUT2D eigenvalue weighted by Gasteiger charge is -2.15. The summed E-state index contributed by atoms with van der Waals surface area (Å²) in [6.45, 7) is 2.14. The van der Waals surface area contributed by atoms with E-state index in [1.54, 1.807) is 14.0 Å². The number of ether oxygens (including phenoxy) is 1. The second-order valence-electron chi connectivity index (χ2n) is 2.72. The molecular formula is C8H13NO3. The minimum absolute atomic E-state index is 0.474. The highest BCUT2D eigenvalue weighted by molar-refractivity contribution is 5.86. The largest absolute Gasteiger partial charge is 0.472 e. The molecule has 68 valence electrons. The maximum Gasteiger partial charge on any atom is 0.381 e. The van der Waals surface area contributed by atoms with Crippen molar-refractivity contribution < 1.29 is 14.6 Å². The molecule has 0 bridgehead atoms. The number of rotatable bonds is 3. The molecule has 0 saturated heterocycles. The maximum atomic E-state index is 10.1. The van der Waals surface area contributed by atoms with Gasteiger partial charge in [-0.15, -0.1) is 0 Å². The van der Waals surface area contributed by atoms with Gasteiger partial charge in [0.05, 0.1) is 5.54 Å². The minimum atomic E-state index is -1.16. The molecule has 3 N–H and O–H groups in total. The lowest BCUT2D eigenvalue weighted by atomic mass is 10.0. The van der Waals surface area contributed by atoms with Crippen LogP contribution in [0.3, 0.4) is 0 Å². The van der Waals surface area contributed by atoms with E-state index in [0.29, 0.717) is 13.0 Å². The zero-order chi connectivity index (χ0) is 9.61. The predicted octanol–water partition coefficient (Wildman–Crippen LogP) is -0.172. The predicted molar refractivity (Wildman–Crippen MR) is 44.5 cm³/mol. The Hall–Kier alpha value is -1.05. The molecule has 0 aliphatic carbocycles. The third-order valence-corrected chi connectivity index (χ3v) is 1.28. The summed E-state index contributed by atoms with van der Waals surface area (Å²) in [6, 6.07) is 0. The summed E-state index contributed by atoms with van der Waals surface area (Å²) in [5.74, 6) is 3.26. The number of carboxylic acids is 1. The Kier molecular flexibility index (Phi) is 4.34. The lowest BCUT2D eigenvalue weighted by Crippen LogP contribution is -2.35. The van der Waals surface area contributed by atoms with Crippen molar-refractivity contribution in [2.75, 3.05) is 13.7 Å². The molecular weight excluding hydrogens is 158 g/mol. The van der Waals surface area contributed by atoms with E-state index in [1.807, 2.05) is 5.92 Å². The van der Waals surface area contributed by atoms with E-state index in [1.165, 1.54) is 0 Å². The van der Waals surface area contributed by atoms with Gasteiger partial charge in [0.25, 0.3) is 0 Å². The van der Waals surface area contributed by atoms with E-state index in [4.69, 9.17) is 15.6 Å². The fraction of sp³-hybridized carbons (Fsp3) is 0.625. The van der Waals surface area contributed by atoms with Crippen LogP contribution in [0, 0.1) is 11.8 Å². The van der Waals surface area contributed by atoms with Gasteiger partial charge in [-0.1, -0.05) is 5.92 Å². The summed E-state index contributed by atoms with van der Waals surface area (Å²) in [5.41, 5.74) is 4.85. The van der Waals surface area contributed by atoms with Gasteiger partial charge in [-0.2, -0.15) is 0 Å². The van der Waals surface area contributed by atoms with E-state index in [2.05, 4.69) is 5.92 Å². The van der Waals surface area contributed by atoms with E-state index in [0.717, 1.165) is 0 Å². The second kappa shape index (κ2) is 4.75. The number of hydrogen-bond donors (Lipinski definition) is 2. The summed E-state index contributed by atoms with van der Waals surface area (Å²) in [5, 5.41) is 8.24. The van der Waals surface area contributed by atoms with Gasteiger partial charge < -0.3 is 15.6 Å². The SMILES string of the molecule is COCCC(C)(N)C#CC(=O)O. The summed E-state index contributed by atoms with van der Waals surface area (Å²) >= 11 is 0. The molecule has 0 spiro atoms. The molecule has 0 rings (SSSR count). The Bertz CT molecular complexity index is 212. The molecule has 1 atom stereocenters. The molecule has 0 saturated carbocycles. The second-order valence-corrected chi connectivity index (χ2v) is 2.72. The van der Waals surface area contributed by atoms with Crippen LogP contribution < -0.4 is 5.73 Å². The normalized spacial score (nSPS) is 14.2. The van der Waals surface area contributed by atoms with Crippen molar-refractivity contribution in [2.45, 2.75) is 18.9 Å². The van der Waals surface area contributed by atoms with Crippen molar-refractivity contribution in [3.8, 4) is 11.8 Å². The summed E-state index contributed by atoms with van der Waals surface area (Å²) in [7, 11) is 1.56. The van der Waals surface area contributed by atoms with Gasteiger partial charge in [-0.25, -0.2) is 4.79 Å². The molecule has 0 amide bonds. The molecule has 0 aliphatic rings. The number of hydrogen-bond acceptors (Lipinski definition) is 3. The summed E-state index contributed by atoms with van der Waals surface area (Å²) in [6.07, 6.45) is 0.518. The first kappa shape index (κ1) is 11.0. The molecule has 1 unspecified atom stereocenters. The van der Waals surface area contributed by atoms with Crippen molar-refractivity contribution in [3.63, 3.8) is 0 Å². The third kappa shape index (κ3) is 5.71. The lowest BCUT2D eigenvalue weighted by molar-refractivity contribution is -0.130. The molecule has 0 aromatic rings. The highest BCUT2D eigenvalue weighted by Crippen LogP contribution is 2.02. The van der Waals surface area contributed by atoms with E-state index < -0.39 is 11.5 Å². The topological polar surface area (TPSA) is 72.5 Å². The van der Waals surface area contributed by atoms with Crippen LogP contribution in [0.4, 0.5) is 0 Å². The van der Waals surface area contributed by atoms with Crippen LogP contribution in [0.25, 0.3) is 0 Å². The Morgan fingerprint density at radius 1 is 1.75 bits per heavy atom. The van der Waals surface area contributed by atoms with Crippen molar-refractivity contribution in [1.82, 2.24) is 0 Å². The first-order chi connectivity index (χ1) is 5.48. The third-order valence-electron chi connectivity index (χ3n) is 1.28. The average molecular weight is 171 g/mol. The number of aliphatic carboxylic acids is 1. The summed E-state index contributed by atoms with van der Waals surface area (Å²) in [4.78, 5) is 10.1. The fourth-order valence-electron chi connectivity index (χ4n) is 0.573. The van der Waals surface area contributed by atoms with E-state index in [9.17, 15) is 4.79 Å². The van der Waals surface area contributed by atoms with Crippen LogP contribution in [0.1, 0.15) is 13.3 Å². The quantitative estimate of drug-likeness (QED) is 0.578. The van der Waals surface area contributed by atoms with Gasteiger partial charge in [-0.3, -0.25) is 0 Å². The van der Waals surface area contributed by atoms with Gasteiger partial charge in [0.1, 0.15) is 0 Å². The molecule has 0 aliphatic heterocycles. The van der Waals surface area contributed by atoms with E-state index >= 15 is 0 Å². The monoisotopic (exact) mass is 171 g/mol. The molecule has 4 heteroatoms. The Morgan fingerprint density at radius 3 is 2.75 bits per heavy atom. The fourth-order valence-corrected chi connectivity index (χ4v) is 0.573. The number of carbonyl (C=O) groups is 1. The zero-order valence-corrected chi connectivity index (χ0v) is 7.26. The van der Waals surface area contributed by atoms with Crippen LogP contribution >= 0.6 is 0 Å². The van der Waals surface area contributed by atoms with Gasteiger partial charge in [0, 0.05) is 19.6 Å². The Morgan fingerprint density at radius 2 is 2.33 bits per heavy atom. The molecule has 0 aromatic heterocycles. The number of carboxylic acid groups (broad SMARTS) is 1. The van der Waals surface area contributed by atoms with Crippen molar-refractivity contribution in [2.24, 2.45) is 5.73 Å². The smallest absolute Gasteiger partial charge is 0.381 e. The van der Waals surface area contributed by atoms with Crippen molar-refractivity contribution >= 4 is 5.97 Å². The van der Waals surface area contributed by atoms with Crippen LogP contribution in [-0.2, 0) is 9.53 Å². The molecule has 0 aromatic carbocycles. The standard InChI is InChI=1S/C8H13NO3/c1-8(9,5-6-12-2)4-3-7(10)11/h5-6,9H2,1-2H3,(H,10,11). The summed E-state index contributed by atoms with van der Waals surface area (Å²) < 4.78 is 4.79. The Balaban J connectivity index is 4.05. The zero-order valence-electron chi connectivity index (χ0n) is 7.26. The van der Waals surface area contributed by atoms with Gasteiger partial charge in [0.2, 0.25) is 0 Å². The van der Waals surface area contributed by atoms with Crippen LogP contribution in [0.5, 0.6) is 0 Å². The molecule has 0 radical (unpaired) electrons. The minimum Gasteiger partial charge on any atom is -0.472 e. The molecule has 0 fully saturated rings. The van der Waals surface area contributed by atoms with Crippen LogP contribution in [0.15, 0.2) is 0 Å².